The van der Waals surface area contributed by atoms with Gasteiger partial charge in [0.15, 0.2) is 0 Å². The summed E-state index contributed by atoms with van der Waals surface area (Å²) >= 11 is 0. The number of hydrogen-bond donors (Lipinski definition) is 1. The number of cyclic esters (lactones) is 1. The van der Waals surface area contributed by atoms with Gasteiger partial charge in [0, 0.05) is 38.7 Å². The molecule has 1 aromatic heterocycles. The molecule has 2 aliphatic heterocycles. The standard InChI is InChI=1S/C23H27F3N4O3/c1-21(2,32)15-22(16-6-4-3-5-7-16)10-13-30(20(31)33-22)17-9-12-29(14-17)19-27-11-8-18(28-19)23(24,25)26/h3-8,11,17,32H,9-10,12-15H2,1-2H3. The van der Waals surface area contributed by atoms with Crippen molar-refractivity contribution in [1.29, 1.82) is 0 Å². The molecule has 7 nitrogen and oxygen atoms in total. The molecule has 2 fully saturated rings. The van der Waals surface area contributed by atoms with Gasteiger partial charge < -0.3 is 19.6 Å². The molecule has 0 aliphatic carbocycles. The van der Waals surface area contributed by atoms with Gasteiger partial charge in [0.05, 0.1) is 11.6 Å². The Labute approximate surface area is 190 Å². The second-order valence-electron chi connectivity index (χ2n) is 9.29. The van der Waals surface area contributed by atoms with Crippen LogP contribution in [0.1, 0.15) is 44.4 Å². The molecular weight excluding hydrogens is 437 g/mol. The highest BCUT2D eigenvalue weighted by Crippen LogP contribution is 2.41. The van der Waals surface area contributed by atoms with Crippen LogP contribution in [-0.2, 0) is 16.5 Å². The number of carbonyl (C=O) groups excluding carboxylic acids is 1. The zero-order valence-electron chi connectivity index (χ0n) is 18.5. The maximum absolute atomic E-state index is 13.1. The number of halogens is 3. The molecule has 0 radical (unpaired) electrons. The Bertz CT molecular complexity index is 996. The summed E-state index contributed by atoms with van der Waals surface area (Å²) in [5, 5.41) is 10.5. The number of amides is 1. The minimum absolute atomic E-state index is 0.00151. The van der Waals surface area contributed by atoms with Crippen LogP contribution in [0.5, 0.6) is 0 Å². The van der Waals surface area contributed by atoms with Gasteiger partial charge in [0.1, 0.15) is 11.3 Å². The Morgan fingerprint density at radius 2 is 1.91 bits per heavy atom. The molecular formula is C23H27F3N4O3. The van der Waals surface area contributed by atoms with E-state index < -0.39 is 29.2 Å². The van der Waals surface area contributed by atoms with E-state index in [-0.39, 0.29) is 18.4 Å². The van der Waals surface area contributed by atoms with Crippen LogP contribution in [0.15, 0.2) is 42.6 Å². The largest absolute Gasteiger partial charge is 0.438 e. The Balaban J connectivity index is 1.49. The quantitative estimate of drug-likeness (QED) is 0.722. The highest BCUT2D eigenvalue weighted by Gasteiger charge is 2.47. The lowest BCUT2D eigenvalue weighted by Crippen LogP contribution is -2.54. The van der Waals surface area contributed by atoms with Crippen molar-refractivity contribution in [2.75, 3.05) is 24.5 Å². The lowest BCUT2D eigenvalue weighted by molar-refractivity contribution is -0.141. The zero-order valence-corrected chi connectivity index (χ0v) is 18.5. The van der Waals surface area contributed by atoms with Crippen molar-refractivity contribution in [1.82, 2.24) is 14.9 Å². The van der Waals surface area contributed by atoms with Gasteiger partial charge in [-0.3, -0.25) is 0 Å². The summed E-state index contributed by atoms with van der Waals surface area (Å²) in [5.41, 5.74) is -2.17. The molecule has 10 heteroatoms. The number of aromatic nitrogens is 2. The molecule has 0 saturated carbocycles. The van der Waals surface area contributed by atoms with Crippen molar-refractivity contribution in [3.05, 3.63) is 53.9 Å². The molecule has 1 amide bonds. The van der Waals surface area contributed by atoms with Crippen LogP contribution in [0.3, 0.4) is 0 Å². The molecule has 1 N–H and O–H groups in total. The fourth-order valence-corrected chi connectivity index (χ4v) is 4.71. The minimum atomic E-state index is -4.55. The van der Waals surface area contributed by atoms with Crippen LogP contribution in [0.4, 0.5) is 23.9 Å². The summed E-state index contributed by atoms with van der Waals surface area (Å²) in [6, 6.07) is 9.99. The van der Waals surface area contributed by atoms with Crippen molar-refractivity contribution in [3.63, 3.8) is 0 Å². The van der Waals surface area contributed by atoms with E-state index >= 15 is 0 Å². The third-order valence-corrected chi connectivity index (χ3v) is 6.11. The lowest BCUT2D eigenvalue weighted by atomic mass is 9.80. The second-order valence-corrected chi connectivity index (χ2v) is 9.29. The SMILES string of the molecule is CC(C)(O)CC1(c2ccccc2)CCN(C2CCN(c3nccc(C(F)(F)F)n3)C2)C(=O)O1. The monoisotopic (exact) mass is 464 g/mol. The van der Waals surface area contributed by atoms with Gasteiger partial charge in [-0.25, -0.2) is 14.8 Å². The van der Waals surface area contributed by atoms with E-state index in [4.69, 9.17) is 4.74 Å². The summed E-state index contributed by atoms with van der Waals surface area (Å²) in [6.45, 7) is 4.53. The predicted molar refractivity (Wildman–Crippen MR) is 114 cm³/mol. The van der Waals surface area contributed by atoms with Crippen LogP contribution in [0.25, 0.3) is 0 Å². The Morgan fingerprint density at radius 1 is 1.18 bits per heavy atom. The van der Waals surface area contributed by atoms with Crippen molar-refractivity contribution < 1.29 is 27.8 Å². The summed E-state index contributed by atoms with van der Waals surface area (Å²) < 4.78 is 45.0. The second kappa shape index (κ2) is 8.48. The first-order chi connectivity index (χ1) is 15.5. The molecule has 2 aromatic rings. The van der Waals surface area contributed by atoms with Crippen LogP contribution >= 0.6 is 0 Å². The number of carbonyl (C=O) groups is 1. The molecule has 2 atom stereocenters. The number of nitrogens with zero attached hydrogens (tertiary/aromatic N) is 4. The van der Waals surface area contributed by atoms with E-state index in [1.54, 1.807) is 23.6 Å². The first-order valence-electron chi connectivity index (χ1n) is 10.9. The minimum Gasteiger partial charge on any atom is -0.438 e. The normalized spacial score (nSPS) is 24.2. The highest BCUT2D eigenvalue weighted by molar-refractivity contribution is 5.70. The average Bonchev–Trinajstić information content (AvgIpc) is 3.23. The highest BCUT2D eigenvalue weighted by atomic mass is 19.4. The lowest BCUT2D eigenvalue weighted by Gasteiger charge is -2.45. The third-order valence-electron chi connectivity index (χ3n) is 6.11. The van der Waals surface area contributed by atoms with Gasteiger partial charge >= 0.3 is 12.3 Å². The molecule has 0 spiro atoms. The molecule has 1 aromatic carbocycles. The van der Waals surface area contributed by atoms with Crippen LogP contribution in [0.2, 0.25) is 0 Å². The number of alkyl halides is 3. The summed E-state index contributed by atoms with van der Waals surface area (Å²) in [7, 11) is 0. The molecule has 0 bridgehead atoms. The first-order valence-corrected chi connectivity index (χ1v) is 10.9. The maximum Gasteiger partial charge on any atom is 0.433 e. The topological polar surface area (TPSA) is 78.8 Å². The Hall–Kier alpha value is -2.88. The predicted octanol–water partition coefficient (Wildman–Crippen LogP) is 3.97. The number of benzene rings is 1. The van der Waals surface area contributed by atoms with E-state index in [1.807, 2.05) is 30.3 Å². The number of ether oxygens (including phenoxy) is 1. The summed E-state index contributed by atoms with van der Waals surface area (Å²) in [6.07, 6.45) is -2.64. The van der Waals surface area contributed by atoms with E-state index in [9.17, 15) is 23.1 Å². The van der Waals surface area contributed by atoms with Gasteiger partial charge in [-0.2, -0.15) is 13.2 Å². The van der Waals surface area contributed by atoms with Gasteiger partial charge in [-0.1, -0.05) is 30.3 Å². The fourth-order valence-electron chi connectivity index (χ4n) is 4.71. The van der Waals surface area contributed by atoms with Crippen molar-refractivity contribution in [3.8, 4) is 0 Å². The Morgan fingerprint density at radius 3 is 2.55 bits per heavy atom. The summed E-state index contributed by atoms with van der Waals surface area (Å²) in [5.74, 6) is -0.00151. The average molecular weight is 464 g/mol. The number of anilines is 1. The van der Waals surface area contributed by atoms with E-state index in [0.717, 1.165) is 17.8 Å². The molecule has 3 heterocycles. The van der Waals surface area contributed by atoms with Gasteiger partial charge in [0.25, 0.3) is 0 Å². The number of rotatable bonds is 5. The molecule has 178 valence electrons. The van der Waals surface area contributed by atoms with Crippen molar-refractivity contribution in [2.24, 2.45) is 0 Å². The smallest absolute Gasteiger partial charge is 0.433 e. The maximum atomic E-state index is 13.1. The first kappa shape index (κ1) is 23.3. The van der Waals surface area contributed by atoms with E-state index in [2.05, 4.69) is 9.97 Å². The Kier molecular flexibility index (Phi) is 5.98. The third kappa shape index (κ3) is 5.05. The molecule has 33 heavy (non-hydrogen) atoms. The van der Waals surface area contributed by atoms with E-state index in [0.29, 0.717) is 32.5 Å². The van der Waals surface area contributed by atoms with Gasteiger partial charge in [-0.15, -0.1) is 0 Å². The number of hydrogen-bond acceptors (Lipinski definition) is 6. The van der Waals surface area contributed by atoms with Crippen molar-refractivity contribution >= 4 is 12.0 Å². The van der Waals surface area contributed by atoms with Gasteiger partial charge in [0.2, 0.25) is 5.95 Å². The van der Waals surface area contributed by atoms with Crippen LogP contribution in [-0.4, -0.2) is 57.3 Å². The van der Waals surface area contributed by atoms with Crippen LogP contribution in [0, 0.1) is 0 Å². The fraction of sp³-hybridized carbons (Fsp3) is 0.522. The molecule has 2 saturated heterocycles. The molecule has 2 aliphatic rings. The molecule has 4 rings (SSSR count). The van der Waals surface area contributed by atoms with E-state index in [1.165, 1.54) is 0 Å². The van der Waals surface area contributed by atoms with Gasteiger partial charge in [-0.05, 0) is 31.9 Å². The summed E-state index contributed by atoms with van der Waals surface area (Å²) in [4.78, 5) is 24.0. The molecule has 2 unspecified atom stereocenters. The number of aliphatic hydroxyl groups is 1. The zero-order chi connectivity index (χ0) is 23.9. The van der Waals surface area contributed by atoms with Crippen molar-refractivity contribution in [2.45, 2.75) is 56.5 Å². The van der Waals surface area contributed by atoms with Crippen LogP contribution < -0.4 is 4.90 Å².